The number of aliphatic hydroxyl groups is 1. The van der Waals surface area contributed by atoms with Crippen LogP contribution in [-0.2, 0) is 13.2 Å². The maximum atomic E-state index is 10.7. The van der Waals surface area contributed by atoms with Crippen molar-refractivity contribution in [3.05, 3.63) is 63.7 Å². The lowest BCUT2D eigenvalue weighted by molar-refractivity contribution is -0.384. The van der Waals surface area contributed by atoms with Crippen molar-refractivity contribution < 1.29 is 14.8 Å². The number of rotatable bonds is 6. The number of hydrogen-bond acceptors (Lipinski definition) is 5. The zero-order valence-electron chi connectivity index (χ0n) is 11.6. The van der Waals surface area contributed by atoms with E-state index in [9.17, 15) is 15.2 Å². The monoisotopic (exact) mass is 288 g/mol. The first-order valence-corrected chi connectivity index (χ1v) is 6.39. The van der Waals surface area contributed by atoms with Gasteiger partial charge in [0.15, 0.2) is 0 Å². The molecule has 0 aromatic heterocycles. The highest BCUT2D eigenvalue weighted by Gasteiger charge is 2.06. The van der Waals surface area contributed by atoms with Gasteiger partial charge in [0.25, 0.3) is 5.69 Å². The Morgan fingerprint density at radius 3 is 2.76 bits per heavy atom. The quantitative estimate of drug-likeness (QED) is 0.630. The summed E-state index contributed by atoms with van der Waals surface area (Å²) < 4.78 is 5.13. The lowest BCUT2D eigenvalue weighted by Gasteiger charge is -2.11. The summed E-state index contributed by atoms with van der Waals surface area (Å²) in [7, 11) is 1.55. The summed E-state index contributed by atoms with van der Waals surface area (Å²) in [5.74, 6) is 0.624. The first-order chi connectivity index (χ1) is 10.1. The second kappa shape index (κ2) is 6.71. The van der Waals surface area contributed by atoms with E-state index in [4.69, 9.17) is 4.74 Å². The Kier molecular flexibility index (Phi) is 4.73. The van der Waals surface area contributed by atoms with Crippen LogP contribution in [0.3, 0.4) is 0 Å². The van der Waals surface area contributed by atoms with Gasteiger partial charge in [0.05, 0.1) is 18.6 Å². The van der Waals surface area contributed by atoms with Crippen molar-refractivity contribution >= 4 is 11.4 Å². The molecular formula is C15H16N2O4. The molecule has 0 saturated carbocycles. The van der Waals surface area contributed by atoms with E-state index in [1.54, 1.807) is 25.3 Å². The second-order valence-corrected chi connectivity index (χ2v) is 4.47. The van der Waals surface area contributed by atoms with E-state index in [2.05, 4.69) is 5.32 Å². The molecule has 0 aliphatic carbocycles. The van der Waals surface area contributed by atoms with Crippen molar-refractivity contribution in [2.45, 2.75) is 13.2 Å². The van der Waals surface area contributed by atoms with Crippen LogP contribution >= 0.6 is 0 Å². The molecule has 2 rings (SSSR count). The molecule has 2 aromatic rings. The van der Waals surface area contributed by atoms with Crippen molar-refractivity contribution in [2.75, 3.05) is 12.4 Å². The minimum Gasteiger partial charge on any atom is -0.496 e. The molecule has 0 aliphatic rings. The minimum absolute atomic E-state index is 0.0695. The molecule has 0 unspecified atom stereocenters. The topological polar surface area (TPSA) is 84.6 Å². The predicted octanol–water partition coefficient (Wildman–Crippen LogP) is 2.71. The average molecular weight is 288 g/mol. The first kappa shape index (κ1) is 14.8. The van der Waals surface area contributed by atoms with E-state index in [0.717, 1.165) is 11.3 Å². The predicted molar refractivity (Wildman–Crippen MR) is 79.3 cm³/mol. The molecule has 0 saturated heterocycles. The SMILES string of the molecule is COc1ccc(NCc2cccc([N+](=O)[O-])c2)cc1CO. The number of nitrogens with zero attached hydrogens (tertiary/aromatic N) is 1. The Balaban J connectivity index is 2.09. The van der Waals surface area contributed by atoms with Crippen LogP contribution < -0.4 is 10.1 Å². The van der Waals surface area contributed by atoms with Gasteiger partial charge in [-0.1, -0.05) is 12.1 Å². The number of nitrogens with one attached hydrogen (secondary N) is 1. The van der Waals surface area contributed by atoms with Gasteiger partial charge in [-0.15, -0.1) is 0 Å². The highest BCUT2D eigenvalue weighted by Crippen LogP contribution is 2.23. The van der Waals surface area contributed by atoms with Crippen LogP contribution in [0.1, 0.15) is 11.1 Å². The highest BCUT2D eigenvalue weighted by molar-refractivity contribution is 5.51. The van der Waals surface area contributed by atoms with Gasteiger partial charge in [0, 0.05) is 29.9 Å². The third-order valence-corrected chi connectivity index (χ3v) is 3.07. The van der Waals surface area contributed by atoms with Crippen LogP contribution in [0.5, 0.6) is 5.75 Å². The summed E-state index contributed by atoms with van der Waals surface area (Å²) in [5, 5.41) is 23.2. The molecule has 0 amide bonds. The molecule has 0 atom stereocenters. The van der Waals surface area contributed by atoms with Crippen LogP contribution in [0.4, 0.5) is 11.4 Å². The molecule has 0 heterocycles. The molecule has 6 heteroatoms. The maximum Gasteiger partial charge on any atom is 0.269 e. The zero-order chi connectivity index (χ0) is 15.2. The van der Waals surface area contributed by atoms with Crippen molar-refractivity contribution in [3.63, 3.8) is 0 Å². The van der Waals surface area contributed by atoms with Crippen LogP contribution in [0, 0.1) is 10.1 Å². The molecule has 2 aromatic carbocycles. The third kappa shape index (κ3) is 3.70. The molecule has 0 bridgehead atoms. The molecule has 0 fully saturated rings. The largest absolute Gasteiger partial charge is 0.496 e. The molecule has 0 aliphatic heterocycles. The summed E-state index contributed by atoms with van der Waals surface area (Å²) in [5.41, 5.74) is 2.37. The van der Waals surface area contributed by atoms with Crippen molar-refractivity contribution in [1.29, 1.82) is 0 Å². The Hall–Kier alpha value is -2.60. The lowest BCUT2D eigenvalue weighted by Crippen LogP contribution is -2.01. The smallest absolute Gasteiger partial charge is 0.269 e. The van der Waals surface area contributed by atoms with Gasteiger partial charge < -0.3 is 15.2 Å². The normalized spacial score (nSPS) is 10.2. The van der Waals surface area contributed by atoms with E-state index >= 15 is 0 Å². The minimum atomic E-state index is -0.416. The first-order valence-electron chi connectivity index (χ1n) is 6.39. The van der Waals surface area contributed by atoms with Gasteiger partial charge in [0.2, 0.25) is 0 Å². The molecule has 2 N–H and O–H groups in total. The van der Waals surface area contributed by atoms with E-state index in [1.165, 1.54) is 12.1 Å². The van der Waals surface area contributed by atoms with Crippen molar-refractivity contribution in [1.82, 2.24) is 0 Å². The second-order valence-electron chi connectivity index (χ2n) is 4.47. The number of nitro benzene ring substituents is 1. The lowest BCUT2D eigenvalue weighted by atomic mass is 10.1. The van der Waals surface area contributed by atoms with Crippen molar-refractivity contribution in [3.8, 4) is 5.75 Å². The van der Waals surface area contributed by atoms with Crippen LogP contribution in [0.25, 0.3) is 0 Å². The van der Waals surface area contributed by atoms with Crippen LogP contribution in [0.15, 0.2) is 42.5 Å². The van der Waals surface area contributed by atoms with Gasteiger partial charge >= 0.3 is 0 Å². The Morgan fingerprint density at radius 1 is 1.29 bits per heavy atom. The summed E-state index contributed by atoms with van der Waals surface area (Å²) in [6.07, 6.45) is 0. The summed E-state index contributed by atoms with van der Waals surface area (Å²) in [4.78, 5) is 10.3. The van der Waals surface area contributed by atoms with Gasteiger partial charge in [-0.3, -0.25) is 10.1 Å². The average Bonchev–Trinajstić information content (AvgIpc) is 2.52. The maximum absolute atomic E-state index is 10.7. The molecule has 110 valence electrons. The number of nitro groups is 1. The highest BCUT2D eigenvalue weighted by atomic mass is 16.6. The van der Waals surface area contributed by atoms with Crippen molar-refractivity contribution in [2.24, 2.45) is 0 Å². The van der Waals surface area contributed by atoms with Gasteiger partial charge in [-0.2, -0.15) is 0 Å². The summed E-state index contributed by atoms with van der Waals surface area (Å²) in [6.45, 7) is 0.342. The Labute approximate surface area is 122 Å². The van der Waals surface area contributed by atoms with Gasteiger partial charge in [0.1, 0.15) is 5.75 Å². The molecular weight excluding hydrogens is 272 g/mol. The van der Waals surface area contributed by atoms with E-state index in [-0.39, 0.29) is 12.3 Å². The Bertz CT molecular complexity index is 643. The number of hydrogen-bond donors (Lipinski definition) is 2. The number of methoxy groups -OCH3 is 1. The number of benzene rings is 2. The summed E-state index contributed by atoms with van der Waals surface area (Å²) in [6, 6.07) is 11.8. The standard InChI is InChI=1S/C15H16N2O4/c1-21-15-6-5-13(8-12(15)10-18)16-9-11-3-2-4-14(7-11)17(19)20/h2-8,16,18H,9-10H2,1H3. The van der Waals surface area contributed by atoms with Gasteiger partial charge in [-0.25, -0.2) is 0 Å². The summed E-state index contributed by atoms with van der Waals surface area (Å²) >= 11 is 0. The third-order valence-electron chi connectivity index (χ3n) is 3.07. The number of anilines is 1. The van der Waals surface area contributed by atoms with Gasteiger partial charge in [-0.05, 0) is 23.8 Å². The fraction of sp³-hybridized carbons (Fsp3) is 0.200. The van der Waals surface area contributed by atoms with Crippen LogP contribution in [-0.4, -0.2) is 17.1 Å². The van der Waals surface area contributed by atoms with E-state index in [0.29, 0.717) is 17.9 Å². The fourth-order valence-corrected chi connectivity index (χ4v) is 2.00. The van der Waals surface area contributed by atoms with E-state index in [1.807, 2.05) is 12.1 Å². The van der Waals surface area contributed by atoms with E-state index < -0.39 is 4.92 Å². The molecule has 21 heavy (non-hydrogen) atoms. The fourth-order valence-electron chi connectivity index (χ4n) is 2.00. The number of ether oxygens (including phenoxy) is 1. The molecule has 0 spiro atoms. The van der Waals surface area contributed by atoms with Crippen LogP contribution in [0.2, 0.25) is 0 Å². The molecule has 0 radical (unpaired) electrons. The number of non-ortho nitro benzene ring substituents is 1. The zero-order valence-corrected chi connectivity index (χ0v) is 11.6. The number of aliphatic hydroxyl groups excluding tert-OH is 1. The Morgan fingerprint density at radius 2 is 2.10 bits per heavy atom. The molecule has 6 nitrogen and oxygen atoms in total.